The summed E-state index contributed by atoms with van der Waals surface area (Å²) < 4.78 is 10.6. The molecule has 0 amide bonds. The average molecular weight is 401 g/mol. The molecule has 0 unspecified atom stereocenters. The lowest BCUT2D eigenvalue weighted by Crippen LogP contribution is -2.29. The minimum Gasteiger partial charge on any atom is -0.496 e. The van der Waals surface area contributed by atoms with Crippen molar-refractivity contribution in [3.8, 4) is 5.75 Å². The predicted molar refractivity (Wildman–Crippen MR) is 129 cm³/mol. The Morgan fingerprint density at radius 1 is 0.774 bits per heavy atom. The predicted octanol–water partition coefficient (Wildman–Crippen LogP) is 6.28. The average Bonchev–Trinajstić information content (AvgIpc) is 3.15. The molecule has 0 aliphatic carbocycles. The zero-order valence-electron chi connectivity index (χ0n) is 17.7. The number of methoxy groups -OCH3 is 1. The second-order valence-corrected chi connectivity index (χ2v) is 8.51. The molecule has 0 radical (unpaired) electrons. The summed E-state index contributed by atoms with van der Waals surface area (Å²) in [5.74, 6) is 0.929. The highest BCUT2D eigenvalue weighted by Gasteiger charge is 2.26. The number of aryl methyl sites for hydroxylation is 2. The van der Waals surface area contributed by atoms with Crippen LogP contribution in [0.15, 0.2) is 72.9 Å². The summed E-state index contributed by atoms with van der Waals surface area (Å²) in [5, 5.41) is 8.81. The van der Waals surface area contributed by atoms with Crippen LogP contribution in [0.5, 0.6) is 5.75 Å². The Bertz CT molecular complexity index is 1840. The van der Waals surface area contributed by atoms with Gasteiger partial charge in [0.1, 0.15) is 12.8 Å². The minimum atomic E-state index is 0.929. The van der Waals surface area contributed by atoms with Gasteiger partial charge in [0.15, 0.2) is 6.20 Å². The molecule has 0 saturated carbocycles. The molecule has 0 N–H and O–H groups in total. The fraction of sp³-hybridized carbons (Fsp3) is 0.107. The third kappa shape index (κ3) is 1.92. The van der Waals surface area contributed by atoms with Gasteiger partial charge in [0.25, 0.3) is 0 Å². The topological polar surface area (TPSA) is 17.5 Å². The number of ether oxygens (including phenoxy) is 1. The molecule has 4 aromatic carbocycles. The summed E-state index contributed by atoms with van der Waals surface area (Å²) in [6.45, 7) is 2.26. The van der Waals surface area contributed by atoms with Gasteiger partial charge in [0, 0.05) is 16.8 Å². The maximum absolute atomic E-state index is 5.91. The van der Waals surface area contributed by atoms with Crippen LogP contribution in [0.25, 0.3) is 59.8 Å². The van der Waals surface area contributed by atoms with E-state index in [4.69, 9.17) is 4.74 Å². The SMILES string of the molecule is COc1cc2cc[n+](C)c3c4c(C)c5ccccc5cc4n4c5ccccc5c1c4c23. The molecular weight excluding hydrogens is 380 g/mol. The third-order valence-electron chi connectivity index (χ3n) is 6.99. The van der Waals surface area contributed by atoms with Crippen LogP contribution in [0, 0.1) is 6.92 Å². The van der Waals surface area contributed by atoms with Gasteiger partial charge in [-0.05, 0) is 41.5 Å². The van der Waals surface area contributed by atoms with Crippen molar-refractivity contribution in [2.24, 2.45) is 7.05 Å². The van der Waals surface area contributed by atoms with E-state index < -0.39 is 0 Å². The van der Waals surface area contributed by atoms with Gasteiger partial charge in [0.05, 0.1) is 39.8 Å². The molecule has 3 heterocycles. The van der Waals surface area contributed by atoms with Crippen molar-refractivity contribution in [2.75, 3.05) is 7.11 Å². The molecule has 31 heavy (non-hydrogen) atoms. The molecule has 0 aliphatic heterocycles. The molecule has 3 heteroatoms. The first-order valence-electron chi connectivity index (χ1n) is 10.6. The fourth-order valence-electron chi connectivity index (χ4n) is 5.67. The Balaban J connectivity index is 1.98. The van der Waals surface area contributed by atoms with Crippen LogP contribution in [-0.2, 0) is 7.05 Å². The molecule has 7 rings (SSSR count). The summed E-state index contributed by atoms with van der Waals surface area (Å²) in [6.07, 6.45) is 2.17. The van der Waals surface area contributed by atoms with Crippen LogP contribution in [0.1, 0.15) is 5.56 Å². The van der Waals surface area contributed by atoms with E-state index in [0.717, 1.165) is 5.75 Å². The van der Waals surface area contributed by atoms with E-state index >= 15 is 0 Å². The number of fused-ring (bicyclic) bond motifs is 7. The van der Waals surface area contributed by atoms with E-state index in [-0.39, 0.29) is 0 Å². The van der Waals surface area contributed by atoms with Crippen molar-refractivity contribution in [3.63, 3.8) is 0 Å². The van der Waals surface area contributed by atoms with Gasteiger partial charge in [0.2, 0.25) is 5.52 Å². The van der Waals surface area contributed by atoms with E-state index in [9.17, 15) is 0 Å². The summed E-state index contributed by atoms with van der Waals surface area (Å²) in [5.41, 5.74) is 6.30. The summed E-state index contributed by atoms with van der Waals surface area (Å²) in [4.78, 5) is 0. The Morgan fingerprint density at radius 3 is 2.39 bits per heavy atom. The van der Waals surface area contributed by atoms with Crippen LogP contribution in [0.4, 0.5) is 0 Å². The normalized spacial score (nSPS) is 12.4. The van der Waals surface area contributed by atoms with Gasteiger partial charge in [-0.2, -0.15) is 0 Å². The minimum absolute atomic E-state index is 0.929. The maximum Gasteiger partial charge on any atom is 0.224 e. The zero-order valence-corrected chi connectivity index (χ0v) is 17.7. The smallest absolute Gasteiger partial charge is 0.224 e. The first-order chi connectivity index (χ1) is 15.2. The molecule has 0 saturated heterocycles. The molecule has 0 bridgehead atoms. The van der Waals surface area contributed by atoms with E-state index in [2.05, 4.69) is 95.9 Å². The van der Waals surface area contributed by atoms with Gasteiger partial charge in [-0.3, -0.25) is 0 Å². The number of rotatable bonds is 1. The molecule has 0 fully saturated rings. The van der Waals surface area contributed by atoms with Crippen LogP contribution in [0.3, 0.4) is 0 Å². The lowest BCUT2D eigenvalue weighted by molar-refractivity contribution is -0.643. The quantitative estimate of drug-likeness (QED) is 0.180. The highest BCUT2D eigenvalue weighted by Crippen LogP contribution is 2.45. The van der Waals surface area contributed by atoms with Gasteiger partial charge in [-0.1, -0.05) is 42.5 Å². The summed E-state index contributed by atoms with van der Waals surface area (Å²) in [7, 11) is 3.93. The summed E-state index contributed by atoms with van der Waals surface area (Å²) >= 11 is 0. The number of hydrogen-bond donors (Lipinski definition) is 0. The highest BCUT2D eigenvalue weighted by atomic mass is 16.5. The highest BCUT2D eigenvalue weighted by molar-refractivity contribution is 6.29. The van der Waals surface area contributed by atoms with E-state index in [1.807, 2.05) is 0 Å². The third-order valence-corrected chi connectivity index (χ3v) is 6.99. The molecule has 0 spiro atoms. The Labute approximate surface area is 179 Å². The van der Waals surface area contributed by atoms with E-state index in [1.165, 1.54) is 65.3 Å². The number of hydrogen-bond acceptors (Lipinski definition) is 1. The zero-order chi connectivity index (χ0) is 20.9. The first kappa shape index (κ1) is 16.9. The first-order valence-corrected chi connectivity index (χ1v) is 10.6. The molecule has 3 aromatic heterocycles. The van der Waals surface area contributed by atoms with Crippen LogP contribution < -0.4 is 9.30 Å². The number of benzene rings is 4. The van der Waals surface area contributed by atoms with Crippen molar-refractivity contribution < 1.29 is 9.30 Å². The van der Waals surface area contributed by atoms with Crippen molar-refractivity contribution in [1.82, 2.24) is 4.40 Å². The lowest BCUT2D eigenvalue weighted by atomic mass is 9.96. The van der Waals surface area contributed by atoms with Gasteiger partial charge in [-0.15, -0.1) is 0 Å². The van der Waals surface area contributed by atoms with Gasteiger partial charge in [-0.25, -0.2) is 4.57 Å². The van der Waals surface area contributed by atoms with E-state index in [1.54, 1.807) is 7.11 Å². The van der Waals surface area contributed by atoms with E-state index in [0.29, 0.717) is 0 Å². The molecule has 3 nitrogen and oxygen atoms in total. The van der Waals surface area contributed by atoms with Crippen molar-refractivity contribution in [2.45, 2.75) is 6.92 Å². The molecule has 0 atom stereocenters. The van der Waals surface area contributed by atoms with Gasteiger partial charge < -0.3 is 9.14 Å². The molecule has 148 valence electrons. The van der Waals surface area contributed by atoms with Crippen molar-refractivity contribution in [1.29, 1.82) is 0 Å². The lowest BCUT2D eigenvalue weighted by Gasteiger charge is -2.15. The second kappa shape index (κ2) is 5.64. The molecular formula is C28H21N2O+. The van der Waals surface area contributed by atoms with Crippen LogP contribution in [-0.4, -0.2) is 11.5 Å². The van der Waals surface area contributed by atoms with Crippen LogP contribution in [0.2, 0.25) is 0 Å². The Hall–Kier alpha value is -3.85. The largest absolute Gasteiger partial charge is 0.496 e. The molecule has 7 aromatic rings. The van der Waals surface area contributed by atoms with Crippen molar-refractivity contribution in [3.05, 3.63) is 78.5 Å². The summed E-state index contributed by atoms with van der Waals surface area (Å²) in [6, 6.07) is 24.1. The maximum atomic E-state index is 5.91. The fourth-order valence-corrected chi connectivity index (χ4v) is 5.67. The monoisotopic (exact) mass is 401 g/mol. The molecule has 0 aliphatic rings. The Morgan fingerprint density at radius 2 is 1.55 bits per heavy atom. The number of nitrogens with zero attached hydrogens (tertiary/aromatic N) is 2. The number of pyridine rings is 2. The van der Waals surface area contributed by atoms with Crippen molar-refractivity contribution >= 4 is 59.8 Å². The number of para-hydroxylation sites is 1. The van der Waals surface area contributed by atoms with Crippen LogP contribution >= 0.6 is 0 Å². The standard InChI is InChI=1S/C28H21N2O/c1-16-19-9-5-4-8-17(19)14-22-24(16)27-25-18(12-13-29(27)2)15-23(31-3)26-20-10-6-7-11-21(20)30(22)28(25)26/h4-15H,1-3H3/q+1. The van der Waals surface area contributed by atoms with Gasteiger partial charge >= 0.3 is 0 Å². The number of aromatic nitrogens is 2. The second-order valence-electron chi connectivity index (χ2n) is 8.51. The Kier molecular flexibility index (Phi) is 3.07.